The molecule has 25 heavy (non-hydrogen) atoms. The van der Waals surface area contributed by atoms with Crippen molar-refractivity contribution in [3.8, 4) is 17.0 Å². The molecule has 0 fully saturated rings. The van der Waals surface area contributed by atoms with Crippen LogP contribution in [-0.4, -0.2) is 17.5 Å². The summed E-state index contributed by atoms with van der Waals surface area (Å²) in [4.78, 5) is 16.4. The van der Waals surface area contributed by atoms with Gasteiger partial charge in [-0.1, -0.05) is 39.7 Å². The van der Waals surface area contributed by atoms with Crippen molar-refractivity contribution in [1.29, 1.82) is 0 Å². The van der Waals surface area contributed by atoms with Gasteiger partial charge in [0, 0.05) is 20.4 Å². The zero-order chi connectivity index (χ0) is 17.6. The molecule has 4 nitrogen and oxygen atoms in total. The van der Waals surface area contributed by atoms with Crippen LogP contribution in [0.5, 0.6) is 5.75 Å². The first-order chi connectivity index (χ1) is 12.1. The van der Waals surface area contributed by atoms with Crippen LogP contribution >= 0.6 is 38.9 Å². The van der Waals surface area contributed by atoms with Crippen LogP contribution in [0.1, 0.15) is 6.42 Å². The van der Waals surface area contributed by atoms with Crippen molar-refractivity contribution in [2.45, 2.75) is 6.42 Å². The van der Waals surface area contributed by atoms with E-state index in [2.05, 4.69) is 26.2 Å². The average molecular weight is 438 g/mol. The van der Waals surface area contributed by atoms with Gasteiger partial charge in [-0.05, 0) is 36.4 Å². The van der Waals surface area contributed by atoms with E-state index in [1.165, 1.54) is 11.3 Å². The fourth-order valence-corrected chi connectivity index (χ4v) is 3.18. The van der Waals surface area contributed by atoms with Crippen LogP contribution in [0.3, 0.4) is 0 Å². The van der Waals surface area contributed by atoms with E-state index in [0.717, 1.165) is 15.7 Å². The lowest BCUT2D eigenvalue weighted by Crippen LogP contribution is -2.15. The molecule has 0 bridgehead atoms. The first kappa shape index (κ1) is 17.9. The van der Waals surface area contributed by atoms with Crippen LogP contribution in [0.4, 0.5) is 5.13 Å². The Morgan fingerprint density at radius 2 is 1.88 bits per heavy atom. The number of hydrogen-bond acceptors (Lipinski definition) is 4. The summed E-state index contributed by atoms with van der Waals surface area (Å²) in [5.41, 5.74) is 1.84. The van der Waals surface area contributed by atoms with Crippen molar-refractivity contribution in [3.05, 3.63) is 63.4 Å². The maximum atomic E-state index is 12.0. The lowest BCUT2D eigenvalue weighted by atomic mass is 10.2. The molecule has 0 aliphatic heterocycles. The summed E-state index contributed by atoms with van der Waals surface area (Å²) in [6.45, 7) is 0.290. The molecule has 1 heterocycles. The minimum Gasteiger partial charge on any atom is -0.493 e. The number of benzene rings is 2. The quantitative estimate of drug-likeness (QED) is 0.543. The van der Waals surface area contributed by atoms with Gasteiger partial charge >= 0.3 is 0 Å². The number of halogens is 2. The number of ether oxygens (including phenoxy) is 1. The second-order valence-electron chi connectivity index (χ2n) is 5.15. The highest BCUT2D eigenvalue weighted by Crippen LogP contribution is 2.26. The summed E-state index contributed by atoms with van der Waals surface area (Å²) in [7, 11) is 0. The number of carbonyl (C=O) groups excluding carboxylic acids is 1. The van der Waals surface area contributed by atoms with Crippen molar-refractivity contribution >= 4 is 49.9 Å². The summed E-state index contributed by atoms with van der Waals surface area (Å²) < 4.78 is 6.53. The molecule has 7 heteroatoms. The Hall–Kier alpha value is -1.89. The molecule has 1 aromatic heterocycles. The van der Waals surface area contributed by atoms with Gasteiger partial charge in [-0.15, -0.1) is 11.3 Å². The molecular weight excluding hydrogens is 424 g/mol. The van der Waals surface area contributed by atoms with E-state index in [1.54, 1.807) is 24.3 Å². The highest BCUT2D eigenvalue weighted by molar-refractivity contribution is 9.10. The van der Waals surface area contributed by atoms with Gasteiger partial charge in [0.25, 0.3) is 0 Å². The Labute approximate surface area is 162 Å². The van der Waals surface area contributed by atoms with Crippen molar-refractivity contribution in [2.75, 3.05) is 11.9 Å². The molecule has 0 spiro atoms. The highest BCUT2D eigenvalue weighted by Gasteiger charge is 2.08. The van der Waals surface area contributed by atoms with Crippen LogP contribution in [0.15, 0.2) is 58.4 Å². The SMILES string of the molecule is O=C(CCOc1ccc(Cl)cc1)Nc1nc(-c2ccc(Br)cc2)cs1. The van der Waals surface area contributed by atoms with E-state index in [-0.39, 0.29) is 12.3 Å². The number of nitrogens with one attached hydrogen (secondary N) is 1. The molecular formula is C18H14BrClN2O2S. The largest absolute Gasteiger partial charge is 0.493 e. The molecule has 0 aliphatic rings. The number of carbonyl (C=O) groups is 1. The summed E-state index contributed by atoms with van der Waals surface area (Å²) in [5.74, 6) is 0.551. The molecule has 0 unspecified atom stereocenters. The maximum Gasteiger partial charge on any atom is 0.229 e. The van der Waals surface area contributed by atoms with Gasteiger partial charge in [0.15, 0.2) is 5.13 Å². The number of thiazole rings is 1. The Bertz CT molecular complexity index is 850. The summed E-state index contributed by atoms with van der Waals surface area (Å²) in [6.07, 6.45) is 0.246. The maximum absolute atomic E-state index is 12.0. The summed E-state index contributed by atoms with van der Waals surface area (Å²) in [6, 6.07) is 14.9. The van der Waals surface area contributed by atoms with E-state index in [1.807, 2.05) is 29.6 Å². The molecule has 3 rings (SSSR count). The highest BCUT2D eigenvalue weighted by atomic mass is 79.9. The van der Waals surface area contributed by atoms with Crippen molar-refractivity contribution < 1.29 is 9.53 Å². The average Bonchev–Trinajstić information content (AvgIpc) is 3.06. The topological polar surface area (TPSA) is 51.2 Å². The van der Waals surface area contributed by atoms with Crippen molar-refractivity contribution in [3.63, 3.8) is 0 Å². The van der Waals surface area contributed by atoms with Crippen LogP contribution in [0.2, 0.25) is 5.02 Å². The van der Waals surface area contributed by atoms with Gasteiger partial charge in [-0.3, -0.25) is 4.79 Å². The third kappa shape index (κ3) is 5.29. The molecule has 1 amide bonds. The molecule has 1 N–H and O–H groups in total. The number of nitrogens with zero attached hydrogens (tertiary/aromatic N) is 1. The molecule has 0 saturated carbocycles. The van der Waals surface area contributed by atoms with Crippen molar-refractivity contribution in [2.24, 2.45) is 0 Å². The normalized spacial score (nSPS) is 10.5. The molecule has 0 aliphatic carbocycles. The zero-order valence-corrected chi connectivity index (χ0v) is 16.2. The standard InChI is InChI=1S/C18H14BrClN2O2S/c19-13-3-1-12(2-4-13)16-11-25-18(21-16)22-17(23)9-10-24-15-7-5-14(20)6-8-15/h1-8,11H,9-10H2,(H,21,22,23). The Morgan fingerprint density at radius 1 is 1.16 bits per heavy atom. The van der Waals surface area contributed by atoms with Crippen LogP contribution < -0.4 is 10.1 Å². The number of rotatable bonds is 6. The Morgan fingerprint density at radius 3 is 2.60 bits per heavy atom. The van der Waals surface area contributed by atoms with Crippen molar-refractivity contribution in [1.82, 2.24) is 4.98 Å². The van der Waals surface area contributed by atoms with Crippen LogP contribution in [0, 0.1) is 0 Å². The number of amides is 1. The predicted molar refractivity (Wildman–Crippen MR) is 105 cm³/mol. The first-order valence-corrected chi connectivity index (χ1v) is 9.55. The van der Waals surface area contributed by atoms with Gasteiger partial charge in [-0.25, -0.2) is 4.98 Å². The summed E-state index contributed by atoms with van der Waals surface area (Å²) >= 11 is 10.6. The van der Waals surface area contributed by atoms with E-state index in [4.69, 9.17) is 16.3 Å². The van der Waals surface area contributed by atoms with E-state index in [0.29, 0.717) is 22.5 Å². The number of anilines is 1. The van der Waals surface area contributed by atoms with Gasteiger partial charge in [0.05, 0.1) is 18.7 Å². The van der Waals surface area contributed by atoms with E-state index < -0.39 is 0 Å². The van der Waals surface area contributed by atoms with Crippen LogP contribution in [0.25, 0.3) is 11.3 Å². The van der Waals surface area contributed by atoms with Gasteiger partial charge in [-0.2, -0.15) is 0 Å². The fourth-order valence-electron chi connectivity index (χ4n) is 2.06. The lowest BCUT2D eigenvalue weighted by Gasteiger charge is -2.06. The Balaban J connectivity index is 1.49. The Kier molecular flexibility index (Phi) is 6.07. The molecule has 2 aromatic carbocycles. The molecule has 0 atom stereocenters. The van der Waals surface area contributed by atoms with Gasteiger partial charge < -0.3 is 10.1 Å². The van der Waals surface area contributed by atoms with E-state index >= 15 is 0 Å². The minimum atomic E-state index is -0.134. The zero-order valence-electron chi connectivity index (χ0n) is 13.0. The van der Waals surface area contributed by atoms with Crippen LogP contribution in [-0.2, 0) is 4.79 Å². The number of hydrogen-bond donors (Lipinski definition) is 1. The van der Waals surface area contributed by atoms with Gasteiger partial charge in [0.1, 0.15) is 5.75 Å². The monoisotopic (exact) mass is 436 g/mol. The third-order valence-corrected chi connectivity index (χ3v) is 4.84. The smallest absolute Gasteiger partial charge is 0.229 e. The second-order valence-corrected chi connectivity index (χ2v) is 7.36. The summed E-state index contributed by atoms with van der Waals surface area (Å²) in [5, 5.41) is 5.94. The molecule has 0 saturated heterocycles. The van der Waals surface area contributed by atoms with E-state index in [9.17, 15) is 4.79 Å². The third-order valence-electron chi connectivity index (χ3n) is 3.30. The second kappa shape index (κ2) is 8.47. The van der Waals surface area contributed by atoms with Gasteiger partial charge in [0.2, 0.25) is 5.91 Å². The first-order valence-electron chi connectivity index (χ1n) is 7.50. The number of aromatic nitrogens is 1. The lowest BCUT2D eigenvalue weighted by molar-refractivity contribution is -0.116. The fraction of sp³-hybridized carbons (Fsp3) is 0.111. The predicted octanol–water partition coefficient (Wildman–Crippen LogP) is 5.63. The minimum absolute atomic E-state index is 0.134. The molecule has 3 aromatic rings. The molecule has 128 valence electrons. The molecule has 0 radical (unpaired) electrons.